The van der Waals surface area contributed by atoms with Crippen LogP contribution in [-0.2, 0) is 15.0 Å². The van der Waals surface area contributed by atoms with Crippen molar-refractivity contribution in [2.45, 2.75) is 49.7 Å². The standard InChI is InChI=1S/C21H24N4O4/c1-13-16(5-3-9-23-13)29-17-12-28-18-15(11-27-19(17)18)24-20(26)25-21(6-7-21)14-4-2-8-22-10-14/h2-5,8-10,15,17-19H,6-7,11-12H2,1H3,(H2,24,25,26)/t15-,17-,18+,19+/m0/s1. The summed E-state index contributed by atoms with van der Waals surface area (Å²) in [6, 6.07) is 7.19. The third-order valence-corrected chi connectivity index (χ3v) is 5.88. The van der Waals surface area contributed by atoms with Gasteiger partial charge in [-0.2, -0.15) is 0 Å². The first-order valence-electron chi connectivity index (χ1n) is 9.95. The number of hydrogen-bond donors (Lipinski definition) is 2. The number of hydrogen-bond acceptors (Lipinski definition) is 6. The summed E-state index contributed by atoms with van der Waals surface area (Å²) in [4.78, 5) is 21.1. The SMILES string of the molecule is Cc1ncccc1O[C@H]1CO[C@H]2[C@@H]1OC[C@@H]2NC(=O)NC1(c2cccnc2)CC1. The van der Waals surface area contributed by atoms with Gasteiger partial charge in [0.25, 0.3) is 0 Å². The van der Waals surface area contributed by atoms with Crippen molar-refractivity contribution in [2.75, 3.05) is 13.2 Å². The fraction of sp³-hybridized carbons (Fsp3) is 0.476. The lowest BCUT2D eigenvalue weighted by Crippen LogP contribution is -2.51. The van der Waals surface area contributed by atoms with Gasteiger partial charge < -0.3 is 24.8 Å². The van der Waals surface area contributed by atoms with Gasteiger partial charge in [-0.05, 0) is 43.5 Å². The second kappa shape index (κ2) is 7.27. The Hall–Kier alpha value is -2.71. The molecule has 4 atom stereocenters. The summed E-state index contributed by atoms with van der Waals surface area (Å²) >= 11 is 0. The zero-order chi connectivity index (χ0) is 19.8. The van der Waals surface area contributed by atoms with Crippen LogP contribution in [0.15, 0.2) is 42.9 Å². The Morgan fingerprint density at radius 2 is 2.00 bits per heavy atom. The molecule has 3 aliphatic rings. The molecule has 5 rings (SSSR count). The molecule has 0 spiro atoms. The number of nitrogens with one attached hydrogen (secondary N) is 2. The Morgan fingerprint density at radius 3 is 2.76 bits per heavy atom. The maximum atomic E-state index is 12.6. The van der Waals surface area contributed by atoms with Crippen LogP contribution >= 0.6 is 0 Å². The third kappa shape index (κ3) is 3.54. The number of fused-ring (bicyclic) bond motifs is 1. The molecule has 3 fully saturated rings. The number of urea groups is 1. The van der Waals surface area contributed by atoms with E-state index in [2.05, 4.69) is 20.6 Å². The van der Waals surface area contributed by atoms with Gasteiger partial charge in [0.2, 0.25) is 0 Å². The van der Waals surface area contributed by atoms with E-state index in [1.54, 1.807) is 12.4 Å². The first-order chi connectivity index (χ1) is 14.1. The summed E-state index contributed by atoms with van der Waals surface area (Å²) in [5, 5.41) is 6.13. The van der Waals surface area contributed by atoms with Crippen molar-refractivity contribution in [3.05, 3.63) is 54.1 Å². The largest absolute Gasteiger partial charge is 0.483 e. The average molecular weight is 396 g/mol. The Kier molecular flexibility index (Phi) is 4.60. The summed E-state index contributed by atoms with van der Waals surface area (Å²) in [7, 11) is 0. The van der Waals surface area contributed by atoms with E-state index < -0.39 is 0 Å². The highest BCUT2D eigenvalue weighted by Crippen LogP contribution is 2.45. The van der Waals surface area contributed by atoms with Gasteiger partial charge in [-0.25, -0.2) is 4.79 Å². The van der Waals surface area contributed by atoms with Gasteiger partial charge >= 0.3 is 6.03 Å². The molecule has 0 bridgehead atoms. The third-order valence-electron chi connectivity index (χ3n) is 5.88. The molecule has 8 nitrogen and oxygen atoms in total. The molecule has 8 heteroatoms. The number of rotatable bonds is 5. The molecular weight excluding hydrogens is 372 g/mol. The second-order valence-corrected chi connectivity index (χ2v) is 7.87. The van der Waals surface area contributed by atoms with E-state index in [-0.39, 0.29) is 35.9 Å². The molecule has 2 aromatic rings. The number of amides is 2. The summed E-state index contributed by atoms with van der Waals surface area (Å²) in [5.41, 5.74) is 1.55. The van der Waals surface area contributed by atoms with Crippen molar-refractivity contribution in [3.8, 4) is 5.75 Å². The predicted molar refractivity (Wildman–Crippen MR) is 103 cm³/mol. The molecule has 0 unspecified atom stereocenters. The van der Waals surface area contributed by atoms with Crippen LogP contribution < -0.4 is 15.4 Å². The molecule has 0 radical (unpaired) electrons. The topological polar surface area (TPSA) is 94.6 Å². The van der Waals surface area contributed by atoms with Crippen molar-refractivity contribution in [3.63, 3.8) is 0 Å². The van der Waals surface area contributed by atoms with E-state index in [0.717, 1.165) is 29.8 Å². The average Bonchev–Trinajstić information content (AvgIpc) is 3.24. The summed E-state index contributed by atoms with van der Waals surface area (Å²) in [6.45, 7) is 2.72. The fourth-order valence-electron chi connectivity index (χ4n) is 4.12. The molecule has 4 heterocycles. The van der Waals surface area contributed by atoms with Crippen LogP contribution in [0.2, 0.25) is 0 Å². The Labute approximate surface area is 169 Å². The predicted octanol–water partition coefficient (Wildman–Crippen LogP) is 1.69. The highest BCUT2D eigenvalue weighted by atomic mass is 16.6. The minimum absolute atomic E-state index is 0.211. The molecule has 2 amide bonds. The molecule has 152 valence electrons. The van der Waals surface area contributed by atoms with Crippen LogP contribution in [0.4, 0.5) is 4.79 Å². The van der Waals surface area contributed by atoms with E-state index in [1.165, 1.54) is 0 Å². The van der Waals surface area contributed by atoms with Crippen molar-refractivity contribution >= 4 is 6.03 Å². The normalized spacial score (nSPS) is 29.1. The van der Waals surface area contributed by atoms with Crippen LogP contribution in [0, 0.1) is 6.92 Å². The van der Waals surface area contributed by atoms with E-state index in [1.807, 2.05) is 37.4 Å². The summed E-state index contributed by atoms with van der Waals surface area (Å²) < 4.78 is 17.9. The molecule has 0 aromatic carbocycles. The van der Waals surface area contributed by atoms with Gasteiger partial charge in [0.1, 0.15) is 18.0 Å². The van der Waals surface area contributed by atoms with Gasteiger partial charge in [-0.3, -0.25) is 9.97 Å². The van der Waals surface area contributed by atoms with Crippen LogP contribution in [0.25, 0.3) is 0 Å². The quantitative estimate of drug-likeness (QED) is 0.799. The molecule has 1 aliphatic carbocycles. The first-order valence-corrected chi connectivity index (χ1v) is 9.95. The van der Waals surface area contributed by atoms with E-state index in [0.29, 0.717) is 13.2 Å². The number of pyridine rings is 2. The number of aryl methyl sites for hydroxylation is 1. The summed E-state index contributed by atoms with van der Waals surface area (Å²) in [6.07, 6.45) is 6.45. The second-order valence-electron chi connectivity index (χ2n) is 7.87. The van der Waals surface area contributed by atoms with Crippen LogP contribution in [0.1, 0.15) is 24.1 Å². The Morgan fingerprint density at radius 1 is 1.17 bits per heavy atom. The number of carbonyl (C=O) groups excluding carboxylic acids is 1. The smallest absolute Gasteiger partial charge is 0.315 e. The number of aromatic nitrogens is 2. The molecule has 2 aromatic heterocycles. The van der Waals surface area contributed by atoms with Crippen LogP contribution in [-0.4, -0.2) is 53.6 Å². The van der Waals surface area contributed by atoms with Gasteiger partial charge in [0.15, 0.2) is 6.10 Å². The number of ether oxygens (including phenoxy) is 3. The van der Waals surface area contributed by atoms with Gasteiger partial charge in [-0.15, -0.1) is 0 Å². The van der Waals surface area contributed by atoms with Crippen molar-refractivity contribution in [2.24, 2.45) is 0 Å². The minimum Gasteiger partial charge on any atom is -0.483 e. The Bertz CT molecular complexity index is 889. The van der Waals surface area contributed by atoms with E-state index in [4.69, 9.17) is 14.2 Å². The van der Waals surface area contributed by atoms with Crippen molar-refractivity contribution < 1.29 is 19.0 Å². The number of carbonyl (C=O) groups is 1. The highest BCUT2D eigenvalue weighted by Gasteiger charge is 2.51. The van der Waals surface area contributed by atoms with Gasteiger partial charge in [0.05, 0.1) is 30.5 Å². The molecule has 1 saturated carbocycles. The van der Waals surface area contributed by atoms with E-state index in [9.17, 15) is 4.79 Å². The molecule has 2 aliphatic heterocycles. The van der Waals surface area contributed by atoms with Gasteiger partial charge in [0, 0.05) is 18.6 Å². The van der Waals surface area contributed by atoms with Crippen molar-refractivity contribution in [1.29, 1.82) is 0 Å². The Balaban J connectivity index is 1.19. The summed E-state index contributed by atoms with van der Waals surface area (Å²) in [5.74, 6) is 0.728. The number of nitrogens with zero attached hydrogens (tertiary/aromatic N) is 2. The zero-order valence-electron chi connectivity index (χ0n) is 16.2. The minimum atomic E-state index is -0.308. The van der Waals surface area contributed by atoms with Crippen LogP contribution in [0.3, 0.4) is 0 Å². The molecule has 29 heavy (non-hydrogen) atoms. The monoisotopic (exact) mass is 396 g/mol. The zero-order valence-corrected chi connectivity index (χ0v) is 16.2. The first kappa shape index (κ1) is 18.3. The lowest BCUT2D eigenvalue weighted by Gasteiger charge is -2.22. The lowest BCUT2D eigenvalue weighted by molar-refractivity contribution is 0.0299. The highest BCUT2D eigenvalue weighted by molar-refractivity contribution is 5.76. The van der Waals surface area contributed by atoms with Crippen molar-refractivity contribution in [1.82, 2.24) is 20.6 Å². The molecule has 2 N–H and O–H groups in total. The maximum absolute atomic E-state index is 12.6. The maximum Gasteiger partial charge on any atom is 0.315 e. The van der Waals surface area contributed by atoms with Gasteiger partial charge in [-0.1, -0.05) is 6.07 Å². The molecular formula is C21H24N4O4. The van der Waals surface area contributed by atoms with Crippen LogP contribution in [0.5, 0.6) is 5.75 Å². The molecule has 2 saturated heterocycles. The fourth-order valence-corrected chi connectivity index (χ4v) is 4.12. The lowest BCUT2D eigenvalue weighted by atomic mass is 10.1. The van der Waals surface area contributed by atoms with E-state index >= 15 is 0 Å².